The van der Waals surface area contributed by atoms with Crippen molar-refractivity contribution in [2.45, 2.75) is 0 Å². The molecule has 0 saturated carbocycles. The first-order chi connectivity index (χ1) is 2.00. The maximum Gasteiger partial charge on any atom is 1.00 e. The summed E-state index contributed by atoms with van der Waals surface area (Å²) in [4.78, 5) is 0. The van der Waals surface area contributed by atoms with E-state index in [4.69, 9.17) is 17.5 Å². The van der Waals surface area contributed by atoms with E-state index in [0.717, 1.165) is 0 Å². The molecule has 0 saturated heterocycles. The number of hydrogen-bond acceptors (Lipinski definition) is 2. The molecule has 0 spiro atoms. The van der Waals surface area contributed by atoms with Gasteiger partial charge in [0.15, 0.2) is 0 Å². The Bertz CT molecular complexity index is 106. The summed E-state index contributed by atoms with van der Waals surface area (Å²) in [6.45, 7) is 0. The molecule has 0 aromatic heterocycles. The van der Waals surface area contributed by atoms with Gasteiger partial charge >= 0.3 is 91.3 Å². The third kappa shape index (κ3) is 68.4. The molecule has 8 heavy (non-hydrogen) atoms. The molecule has 0 amide bonds. The van der Waals surface area contributed by atoms with Gasteiger partial charge in [-0.05, 0) is 0 Å². The van der Waals surface area contributed by atoms with Crippen molar-refractivity contribution in [3.8, 4) is 0 Å². The topological polar surface area (TPSA) is 74.6 Å². The summed E-state index contributed by atoms with van der Waals surface area (Å²) < 4.78 is 31.6. The predicted octanol–water partition coefficient (Wildman–Crippen LogP) is -6.00. The zero-order valence-corrected chi connectivity index (χ0v) is 11.3. The standard InChI is InChI=1S/ClH.K.Na.H2O4S.2H/c;;;1-5(2,3)4;;/h1H;;;(H2,1,2,3,4);;/q;2*+1;;2*-1. The Morgan fingerprint density at radius 2 is 1.25 bits per heavy atom. The summed E-state index contributed by atoms with van der Waals surface area (Å²) >= 11 is 0. The van der Waals surface area contributed by atoms with Gasteiger partial charge in [-0.3, -0.25) is 9.11 Å². The van der Waals surface area contributed by atoms with Crippen LogP contribution in [0, 0.1) is 0 Å². The normalized spacial score (nSPS) is 7.25. The van der Waals surface area contributed by atoms with E-state index in [1.54, 1.807) is 0 Å². The molecule has 0 fully saturated rings. The first-order valence-electron chi connectivity index (χ1n) is 0.698. The third-order valence-electron chi connectivity index (χ3n) is 0. The van der Waals surface area contributed by atoms with Crippen LogP contribution in [0.2, 0.25) is 0 Å². The smallest absolute Gasteiger partial charge is 1.00 e. The van der Waals surface area contributed by atoms with E-state index in [-0.39, 0.29) is 96.2 Å². The first-order valence-corrected chi connectivity index (χ1v) is 2.10. The van der Waals surface area contributed by atoms with Gasteiger partial charge in [-0.1, -0.05) is 0 Å². The molecule has 0 aliphatic rings. The second-order valence-corrected chi connectivity index (χ2v) is 1.34. The van der Waals surface area contributed by atoms with Crippen molar-refractivity contribution >= 4 is 22.8 Å². The van der Waals surface area contributed by atoms with Crippen LogP contribution in [0.3, 0.4) is 0 Å². The van der Waals surface area contributed by atoms with Gasteiger partial charge in [0.05, 0.1) is 0 Å². The summed E-state index contributed by atoms with van der Waals surface area (Å²) in [5.74, 6) is 0. The molecule has 0 unspecified atom stereocenters. The first kappa shape index (κ1) is 22.4. The summed E-state index contributed by atoms with van der Waals surface area (Å²) in [5.41, 5.74) is 0. The minimum Gasteiger partial charge on any atom is -1.00 e. The van der Waals surface area contributed by atoms with E-state index in [1.807, 2.05) is 0 Å². The van der Waals surface area contributed by atoms with Gasteiger partial charge in [0, 0.05) is 0 Å². The summed E-state index contributed by atoms with van der Waals surface area (Å²) in [6, 6.07) is 0. The predicted molar refractivity (Wildman–Crippen MR) is 23.6 cm³/mol. The van der Waals surface area contributed by atoms with Crippen molar-refractivity contribution in [1.82, 2.24) is 0 Å². The van der Waals surface area contributed by atoms with Crippen LogP contribution in [-0.2, 0) is 10.4 Å². The van der Waals surface area contributed by atoms with E-state index >= 15 is 0 Å². The number of rotatable bonds is 0. The van der Waals surface area contributed by atoms with Gasteiger partial charge in [-0.25, -0.2) is 0 Å². The quantitative estimate of drug-likeness (QED) is 0.300. The van der Waals surface area contributed by atoms with E-state index < -0.39 is 10.4 Å². The van der Waals surface area contributed by atoms with Crippen molar-refractivity contribution in [2.24, 2.45) is 0 Å². The fourth-order valence-corrected chi connectivity index (χ4v) is 0. The van der Waals surface area contributed by atoms with Crippen molar-refractivity contribution in [3.63, 3.8) is 0 Å². The minimum absolute atomic E-state index is 0. The summed E-state index contributed by atoms with van der Waals surface area (Å²) in [7, 11) is -4.67. The van der Waals surface area contributed by atoms with Gasteiger partial charge in [-0.15, -0.1) is 12.4 Å². The summed E-state index contributed by atoms with van der Waals surface area (Å²) in [6.07, 6.45) is 0. The molecular weight excluding hydrogens is 194 g/mol. The van der Waals surface area contributed by atoms with Crippen LogP contribution in [0.4, 0.5) is 0 Å². The van der Waals surface area contributed by atoms with Crippen LogP contribution in [0.15, 0.2) is 0 Å². The molecule has 0 heterocycles. The Labute approximate surface area is 121 Å². The summed E-state index contributed by atoms with van der Waals surface area (Å²) in [5, 5.41) is 0. The molecular formula is H5ClKNaO4S. The molecule has 0 aliphatic carbocycles. The molecule has 8 heteroatoms. The van der Waals surface area contributed by atoms with Gasteiger partial charge in [0.2, 0.25) is 0 Å². The van der Waals surface area contributed by atoms with Gasteiger partial charge in [0.1, 0.15) is 0 Å². The molecule has 44 valence electrons. The van der Waals surface area contributed by atoms with Gasteiger partial charge < -0.3 is 2.85 Å². The maximum atomic E-state index is 8.74. The molecule has 0 bridgehead atoms. The van der Waals surface area contributed by atoms with Crippen LogP contribution in [0.1, 0.15) is 2.85 Å². The van der Waals surface area contributed by atoms with Crippen LogP contribution >= 0.6 is 12.4 Å². The Hall–Kier alpha value is 2.80. The van der Waals surface area contributed by atoms with Crippen molar-refractivity contribution < 1.29 is 101 Å². The Kier molecular flexibility index (Phi) is 27.5. The van der Waals surface area contributed by atoms with E-state index in [1.165, 1.54) is 0 Å². The largest absolute Gasteiger partial charge is 1.00 e. The van der Waals surface area contributed by atoms with E-state index in [0.29, 0.717) is 0 Å². The Balaban J connectivity index is -0.00000000800. The maximum absolute atomic E-state index is 8.74. The van der Waals surface area contributed by atoms with Crippen LogP contribution in [-0.4, -0.2) is 17.5 Å². The molecule has 0 aliphatic heterocycles. The zero-order chi connectivity index (χ0) is 4.50. The fourth-order valence-electron chi connectivity index (χ4n) is 0. The molecule has 0 aromatic carbocycles. The van der Waals surface area contributed by atoms with Crippen molar-refractivity contribution in [3.05, 3.63) is 0 Å². The van der Waals surface area contributed by atoms with Crippen LogP contribution in [0.5, 0.6) is 0 Å². The van der Waals surface area contributed by atoms with E-state index in [9.17, 15) is 0 Å². The molecule has 0 aromatic rings. The fraction of sp³-hybridized carbons (Fsp3) is 0. The van der Waals surface area contributed by atoms with Crippen LogP contribution in [0.25, 0.3) is 0 Å². The monoisotopic (exact) mass is 198 g/mol. The van der Waals surface area contributed by atoms with E-state index in [2.05, 4.69) is 0 Å². The SMILES string of the molecule is Cl.O=S(=O)(O)O.[H-].[H-].[K+].[Na+]. The van der Waals surface area contributed by atoms with Crippen molar-refractivity contribution in [2.75, 3.05) is 0 Å². The second kappa shape index (κ2) is 9.80. The average molecular weight is 199 g/mol. The molecule has 0 rings (SSSR count). The molecule has 2 N–H and O–H groups in total. The molecule has 0 atom stereocenters. The second-order valence-electron chi connectivity index (χ2n) is 0.448. The van der Waals surface area contributed by atoms with Crippen LogP contribution < -0.4 is 80.9 Å². The number of halogens is 1. The molecule has 4 nitrogen and oxygen atoms in total. The van der Waals surface area contributed by atoms with Gasteiger partial charge in [-0.2, -0.15) is 8.42 Å². The Morgan fingerprint density at radius 3 is 1.25 bits per heavy atom. The van der Waals surface area contributed by atoms with Crippen molar-refractivity contribution in [1.29, 1.82) is 0 Å². The molecule has 0 radical (unpaired) electrons. The third-order valence-corrected chi connectivity index (χ3v) is 0. The zero-order valence-electron chi connectivity index (χ0n) is 6.53. The Morgan fingerprint density at radius 1 is 1.25 bits per heavy atom. The van der Waals surface area contributed by atoms with Gasteiger partial charge in [0.25, 0.3) is 0 Å². The minimum atomic E-state index is -4.67. The number of hydrogen-bond donors (Lipinski definition) is 2. The average Bonchev–Trinajstić information content (AvgIpc) is 0.722.